The first kappa shape index (κ1) is 15.3. The average Bonchev–Trinajstić information content (AvgIpc) is 2.98. The van der Waals surface area contributed by atoms with E-state index in [1.54, 1.807) is 0 Å². The van der Waals surface area contributed by atoms with Gasteiger partial charge < -0.3 is 4.90 Å². The lowest BCUT2D eigenvalue weighted by atomic mass is 9.86. The van der Waals surface area contributed by atoms with Gasteiger partial charge >= 0.3 is 6.18 Å². The third-order valence-electron chi connectivity index (χ3n) is 4.97. The van der Waals surface area contributed by atoms with Crippen molar-refractivity contribution in [3.05, 3.63) is 23.6 Å². The Balaban J connectivity index is 1.70. The summed E-state index contributed by atoms with van der Waals surface area (Å²) in [7, 11) is 0. The molecule has 1 aliphatic heterocycles. The van der Waals surface area contributed by atoms with Crippen molar-refractivity contribution in [1.82, 2.24) is 4.90 Å². The van der Waals surface area contributed by atoms with Crippen molar-refractivity contribution in [3.63, 3.8) is 0 Å². The van der Waals surface area contributed by atoms with Gasteiger partial charge in [-0.2, -0.15) is 13.2 Å². The van der Waals surface area contributed by atoms with Crippen LogP contribution in [0, 0.1) is 17.3 Å². The van der Waals surface area contributed by atoms with Crippen molar-refractivity contribution in [3.8, 4) is 0 Å². The number of fused-ring (bicyclic) bond motifs is 1. The van der Waals surface area contributed by atoms with E-state index in [-0.39, 0.29) is 5.41 Å². The second kappa shape index (κ2) is 5.27. The number of nitrogens with zero attached hydrogens (tertiary/aromatic N) is 1. The highest BCUT2D eigenvalue weighted by atomic mass is 35.5. The zero-order valence-corrected chi connectivity index (χ0v) is 12.4. The number of allylic oxidation sites excluding steroid dienone is 3. The van der Waals surface area contributed by atoms with Crippen molar-refractivity contribution in [1.29, 1.82) is 0 Å². The maximum atomic E-state index is 14.2. The smallest absolute Gasteiger partial charge is 0.302 e. The molecule has 0 spiro atoms. The molecule has 2 aliphatic carbocycles. The molecule has 0 aromatic rings. The van der Waals surface area contributed by atoms with Crippen molar-refractivity contribution in [2.24, 2.45) is 17.3 Å². The van der Waals surface area contributed by atoms with E-state index in [2.05, 4.69) is 4.90 Å². The molecule has 1 nitrogen and oxygen atoms in total. The first-order chi connectivity index (χ1) is 9.87. The van der Waals surface area contributed by atoms with E-state index in [9.17, 15) is 17.6 Å². The number of alkyl halides is 4. The SMILES string of the molecule is FC1=C([C@]23CC2CN(CCCCl)C3)C=CC(C(F)(F)F)C1. The molecule has 3 atom stereocenters. The third-order valence-corrected chi connectivity index (χ3v) is 5.23. The Bertz CT molecular complexity index is 485. The summed E-state index contributed by atoms with van der Waals surface area (Å²) in [4.78, 5) is 2.25. The lowest BCUT2D eigenvalue weighted by Gasteiger charge is -2.26. The van der Waals surface area contributed by atoms with Gasteiger partial charge in [0.25, 0.3) is 0 Å². The molecule has 118 valence electrons. The van der Waals surface area contributed by atoms with Crippen LogP contribution in [0.2, 0.25) is 0 Å². The van der Waals surface area contributed by atoms with Gasteiger partial charge in [0.2, 0.25) is 0 Å². The van der Waals surface area contributed by atoms with Gasteiger partial charge in [-0.1, -0.05) is 12.2 Å². The number of rotatable bonds is 4. The molecular weight excluding hydrogens is 306 g/mol. The van der Waals surface area contributed by atoms with Crippen molar-refractivity contribution in [2.45, 2.75) is 25.4 Å². The summed E-state index contributed by atoms with van der Waals surface area (Å²) in [6.07, 6.45) is -0.592. The zero-order chi connectivity index (χ0) is 15.3. The molecule has 3 aliphatic rings. The molecule has 0 aromatic carbocycles. The van der Waals surface area contributed by atoms with Gasteiger partial charge in [-0.3, -0.25) is 0 Å². The van der Waals surface area contributed by atoms with Gasteiger partial charge in [-0.15, -0.1) is 11.6 Å². The van der Waals surface area contributed by atoms with E-state index in [1.165, 1.54) is 6.08 Å². The molecule has 0 amide bonds. The molecular formula is C15H18ClF4N. The van der Waals surface area contributed by atoms with Gasteiger partial charge in [0.15, 0.2) is 0 Å². The average molecular weight is 324 g/mol. The first-order valence-electron chi connectivity index (χ1n) is 7.29. The van der Waals surface area contributed by atoms with E-state index >= 15 is 0 Å². The Morgan fingerprint density at radius 1 is 1.38 bits per heavy atom. The number of piperidine rings is 1. The quantitative estimate of drug-likeness (QED) is 0.551. The monoisotopic (exact) mass is 323 g/mol. The number of hydrogen-bond acceptors (Lipinski definition) is 1. The Morgan fingerprint density at radius 3 is 2.76 bits per heavy atom. The van der Waals surface area contributed by atoms with E-state index in [0.717, 1.165) is 38.6 Å². The van der Waals surface area contributed by atoms with Gasteiger partial charge in [0, 0.05) is 30.8 Å². The molecule has 2 unspecified atom stereocenters. The van der Waals surface area contributed by atoms with Crippen LogP contribution in [0.1, 0.15) is 19.3 Å². The third kappa shape index (κ3) is 2.74. The Hall–Kier alpha value is -0.550. The summed E-state index contributed by atoms with van der Waals surface area (Å²) in [5.41, 5.74) is 0.282. The Labute approximate surface area is 126 Å². The summed E-state index contributed by atoms with van der Waals surface area (Å²) in [5.74, 6) is -1.26. The lowest BCUT2D eigenvalue weighted by Crippen LogP contribution is -2.28. The minimum Gasteiger partial charge on any atom is -0.302 e. The maximum Gasteiger partial charge on any atom is 0.395 e. The fourth-order valence-corrected chi connectivity index (χ4v) is 3.91. The van der Waals surface area contributed by atoms with Gasteiger partial charge in [0.1, 0.15) is 5.83 Å². The summed E-state index contributed by atoms with van der Waals surface area (Å²) < 4.78 is 52.2. The lowest BCUT2D eigenvalue weighted by molar-refractivity contribution is -0.161. The molecule has 21 heavy (non-hydrogen) atoms. The van der Waals surface area contributed by atoms with Crippen LogP contribution in [0.25, 0.3) is 0 Å². The molecule has 1 saturated heterocycles. The van der Waals surface area contributed by atoms with Crippen LogP contribution < -0.4 is 0 Å². The van der Waals surface area contributed by atoms with Crippen LogP contribution in [0.4, 0.5) is 17.6 Å². The van der Waals surface area contributed by atoms with Gasteiger partial charge in [-0.05, 0) is 30.9 Å². The topological polar surface area (TPSA) is 3.24 Å². The van der Waals surface area contributed by atoms with Crippen LogP contribution >= 0.6 is 11.6 Å². The number of halogens is 5. The van der Waals surface area contributed by atoms with Crippen molar-refractivity contribution < 1.29 is 17.6 Å². The van der Waals surface area contributed by atoms with Crippen LogP contribution in [-0.4, -0.2) is 36.6 Å². The first-order valence-corrected chi connectivity index (χ1v) is 7.82. The fraction of sp³-hybridized carbons (Fsp3) is 0.733. The van der Waals surface area contributed by atoms with Crippen molar-refractivity contribution in [2.75, 3.05) is 25.5 Å². The predicted octanol–water partition coefficient (Wildman–Crippen LogP) is 4.30. The predicted molar refractivity (Wildman–Crippen MR) is 73.8 cm³/mol. The van der Waals surface area contributed by atoms with Crippen LogP contribution in [0.5, 0.6) is 0 Å². The van der Waals surface area contributed by atoms with Gasteiger partial charge in [-0.25, -0.2) is 4.39 Å². The zero-order valence-electron chi connectivity index (χ0n) is 11.6. The molecule has 0 radical (unpaired) electrons. The maximum absolute atomic E-state index is 14.2. The number of hydrogen-bond donors (Lipinski definition) is 0. The van der Waals surface area contributed by atoms with Crippen molar-refractivity contribution >= 4 is 11.6 Å². The summed E-state index contributed by atoms with van der Waals surface area (Å²) in [5, 5.41) is 0. The van der Waals surface area contributed by atoms with E-state index < -0.39 is 24.3 Å². The standard InChI is InChI=1S/C15H18ClF4N/c16-4-1-5-21-8-11-7-14(11,9-21)12-3-2-10(6-13(12)17)15(18,19)20/h2-3,10-11H,1,4-9H2/t10?,11?,14-/m0/s1. The molecule has 6 heteroatoms. The molecule has 0 aromatic heterocycles. The fourth-order valence-electron chi connectivity index (χ4n) is 3.79. The highest BCUT2D eigenvalue weighted by molar-refractivity contribution is 6.17. The van der Waals surface area contributed by atoms with Crippen LogP contribution in [0.15, 0.2) is 23.6 Å². The Kier molecular flexibility index (Phi) is 3.85. The van der Waals surface area contributed by atoms with E-state index in [1.807, 2.05) is 0 Å². The molecule has 0 bridgehead atoms. The summed E-state index contributed by atoms with van der Waals surface area (Å²) in [6.45, 7) is 2.54. The molecule has 1 saturated carbocycles. The minimum absolute atomic E-state index is 0.233. The second-order valence-electron chi connectivity index (χ2n) is 6.36. The largest absolute Gasteiger partial charge is 0.395 e. The van der Waals surface area contributed by atoms with E-state index in [0.29, 0.717) is 17.4 Å². The van der Waals surface area contributed by atoms with Gasteiger partial charge in [0.05, 0.1) is 5.92 Å². The highest BCUT2D eigenvalue weighted by Gasteiger charge is 2.62. The minimum atomic E-state index is -4.36. The normalized spacial score (nSPS) is 36.2. The van der Waals surface area contributed by atoms with E-state index in [4.69, 9.17) is 11.6 Å². The van der Waals surface area contributed by atoms with Crippen LogP contribution in [0.3, 0.4) is 0 Å². The molecule has 0 N–H and O–H groups in total. The summed E-state index contributed by atoms with van der Waals surface area (Å²) >= 11 is 5.68. The highest BCUT2D eigenvalue weighted by Crippen LogP contribution is 2.64. The molecule has 2 fully saturated rings. The Morgan fingerprint density at radius 2 is 2.14 bits per heavy atom. The molecule has 1 heterocycles. The summed E-state index contributed by atoms with van der Waals surface area (Å²) in [6, 6.07) is 0. The number of likely N-dealkylation sites (tertiary alicyclic amines) is 1. The molecule has 3 rings (SSSR count). The second-order valence-corrected chi connectivity index (χ2v) is 6.74. The van der Waals surface area contributed by atoms with Crippen LogP contribution in [-0.2, 0) is 0 Å².